The Morgan fingerprint density at radius 2 is 2.06 bits per heavy atom. The van der Waals surface area contributed by atoms with Crippen molar-refractivity contribution in [2.75, 3.05) is 13.7 Å². The molecule has 2 amide bonds. The number of hydrogen-bond acceptors (Lipinski definition) is 4. The van der Waals surface area contributed by atoms with Crippen LogP contribution in [0.4, 0.5) is 0 Å². The maximum absolute atomic E-state index is 13.3. The summed E-state index contributed by atoms with van der Waals surface area (Å²) in [5, 5.41) is 15.0. The predicted molar refractivity (Wildman–Crippen MR) is 136 cm³/mol. The molecule has 1 aliphatic heterocycles. The summed E-state index contributed by atoms with van der Waals surface area (Å²) in [7, 11) is 1.62. The summed E-state index contributed by atoms with van der Waals surface area (Å²) in [5.74, 6) is 0.186. The number of guanidine groups is 1. The van der Waals surface area contributed by atoms with E-state index in [2.05, 4.69) is 29.7 Å². The molecule has 7 heteroatoms. The lowest BCUT2D eigenvalue weighted by atomic mass is 9.90. The molecule has 2 aromatic rings. The van der Waals surface area contributed by atoms with E-state index in [-0.39, 0.29) is 23.8 Å². The van der Waals surface area contributed by atoms with Gasteiger partial charge >= 0.3 is 0 Å². The zero-order valence-corrected chi connectivity index (χ0v) is 21.1. The first-order valence-corrected chi connectivity index (χ1v) is 12.4. The van der Waals surface area contributed by atoms with E-state index in [0.29, 0.717) is 30.9 Å². The van der Waals surface area contributed by atoms with Gasteiger partial charge < -0.3 is 15.4 Å². The number of rotatable bonds is 8. The van der Waals surface area contributed by atoms with Crippen LogP contribution in [0.25, 0.3) is 0 Å². The molecule has 1 fully saturated rings. The van der Waals surface area contributed by atoms with Gasteiger partial charge in [-0.2, -0.15) is 0 Å². The van der Waals surface area contributed by atoms with E-state index in [1.54, 1.807) is 13.2 Å². The minimum atomic E-state index is -0.424. The first-order chi connectivity index (χ1) is 16.8. The summed E-state index contributed by atoms with van der Waals surface area (Å²) in [5.41, 5.74) is 3.40. The van der Waals surface area contributed by atoms with Crippen molar-refractivity contribution in [1.29, 1.82) is 5.41 Å². The summed E-state index contributed by atoms with van der Waals surface area (Å²) in [6.07, 6.45) is 2.53. The molecule has 4 rings (SSSR count). The van der Waals surface area contributed by atoms with Crippen LogP contribution < -0.4 is 10.6 Å². The highest BCUT2D eigenvalue weighted by Crippen LogP contribution is 2.36. The van der Waals surface area contributed by atoms with E-state index in [4.69, 9.17) is 10.1 Å². The van der Waals surface area contributed by atoms with Gasteiger partial charge in [0.2, 0.25) is 5.91 Å². The van der Waals surface area contributed by atoms with Crippen LogP contribution in [0.15, 0.2) is 48.5 Å². The fraction of sp³-hybridized carbons (Fsp3) is 0.464. The van der Waals surface area contributed by atoms with Crippen LogP contribution >= 0.6 is 0 Å². The third kappa shape index (κ3) is 5.10. The smallest absolute Gasteiger partial charge is 0.251 e. The van der Waals surface area contributed by atoms with Gasteiger partial charge in [-0.05, 0) is 60.9 Å². The predicted octanol–water partition coefficient (Wildman–Crippen LogP) is 4.35. The summed E-state index contributed by atoms with van der Waals surface area (Å²) >= 11 is 0. The highest BCUT2D eigenvalue weighted by atomic mass is 16.5. The summed E-state index contributed by atoms with van der Waals surface area (Å²) in [6, 6.07) is 15.2. The maximum atomic E-state index is 13.3. The molecule has 0 aromatic heterocycles. The number of carbonyl (C=O) groups is 2. The van der Waals surface area contributed by atoms with E-state index in [1.807, 2.05) is 44.2 Å². The molecule has 0 saturated carbocycles. The minimum absolute atomic E-state index is 0.0283. The number of fused-ring (bicyclic) bond motifs is 1. The second-order valence-electron chi connectivity index (χ2n) is 10.1. The monoisotopic (exact) mass is 476 g/mol. The van der Waals surface area contributed by atoms with Gasteiger partial charge in [-0.25, -0.2) is 0 Å². The number of benzene rings is 2. The van der Waals surface area contributed by atoms with Crippen molar-refractivity contribution in [2.45, 2.75) is 64.1 Å². The molecule has 0 radical (unpaired) electrons. The van der Waals surface area contributed by atoms with Crippen LogP contribution in [-0.4, -0.2) is 41.9 Å². The van der Waals surface area contributed by atoms with Gasteiger partial charge in [0.1, 0.15) is 0 Å². The molecule has 1 heterocycles. The number of ether oxygens (including phenoxy) is 1. The summed E-state index contributed by atoms with van der Waals surface area (Å²) < 4.78 is 5.32. The van der Waals surface area contributed by atoms with E-state index in [1.165, 1.54) is 16.0 Å². The van der Waals surface area contributed by atoms with E-state index < -0.39 is 11.6 Å². The Morgan fingerprint density at radius 3 is 2.77 bits per heavy atom. The fourth-order valence-corrected chi connectivity index (χ4v) is 5.28. The molecule has 2 aliphatic rings. The Morgan fingerprint density at radius 1 is 1.29 bits per heavy atom. The van der Waals surface area contributed by atoms with Gasteiger partial charge in [0.25, 0.3) is 5.91 Å². The molecular formula is C28H36N4O3. The van der Waals surface area contributed by atoms with Gasteiger partial charge in [0.05, 0.1) is 18.5 Å². The van der Waals surface area contributed by atoms with Crippen molar-refractivity contribution in [1.82, 2.24) is 15.5 Å². The van der Waals surface area contributed by atoms with Crippen molar-refractivity contribution < 1.29 is 14.3 Å². The summed E-state index contributed by atoms with van der Waals surface area (Å²) in [6.45, 7) is 6.57. The standard InChI is InChI=1S/C28H36N4O3/c1-5-28(3)17-24(33)32(27(29)31-28)23(13-14-35-4)20-10-8-11-21(16-20)26(34)30-25-18(2)15-19-9-6-7-12-22(19)25/h6-12,16,18,23,25H,5,13-15,17H2,1-4H3,(H2,29,31)(H,30,34)/t18-,23?,25-,28?/m0/s1. The number of carbonyl (C=O) groups excluding carboxylic acids is 2. The van der Waals surface area contributed by atoms with Crippen molar-refractivity contribution in [3.05, 3.63) is 70.8 Å². The molecule has 35 heavy (non-hydrogen) atoms. The average molecular weight is 477 g/mol. The third-order valence-corrected chi connectivity index (χ3v) is 7.48. The minimum Gasteiger partial charge on any atom is -0.385 e. The van der Waals surface area contributed by atoms with Crippen molar-refractivity contribution >= 4 is 17.8 Å². The molecule has 2 unspecified atom stereocenters. The number of hydrogen-bond donors (Lipinski definition) is 3. The first-order valence-electron chi connectivity index (χ1n) is 12.4. The maximum Gasteiger partial charge on any atom is 0.251 e. The van der Waals surface area contributed by atoms with Gasteiger partial charge in [0, 0.05) is 24.8 Å². The molecule has 4 atom stereocenters. The Labute approximate surface area is 207 Å². The van der Waals surface area contributed by atoms with Gasteiger partial charge in [-0.3, -0.25) is 19.9 Å². The number of amides is 2. The molecule has 0 spiro atoms. The Hall–Kier alpha value is -3.19. The van der Waals surface area contributed by atoms with E-state index in [9.17, 15) is 9.59 Å². The topological polar surface area (TPSA) is 94.5 Å². The van der Waals surface area contributed by atoms with Gasteiger partial charge in [-0.1, -0.05) is 50.2 Å². The lowest BCUT2D eigenvalue weighted by molar-refractivity contribution is -0.132. The zero-order chi connectivity index (χ0) is 25.2. The van der Waals surface area contributed by atoms with E-state index >= 15 is 0 Å². The second kappa shape index (κ2) is 10.2. The number of nitrogens with zero attached hydrogens (tertiary/aromatic N) is 1. The molecule has 7 nitrogen and oxygen atoms in total. The number of nitrogens with one attached hydrogen (secondary N) is 3. The Kier molecular flexibility index (Phi) is 7.26. The number of methoxy groups -OCH3 is 1. The lowest BCUT2D eigenvalue weighted by Gasteiger charge is -2.43. The fourth-order valence-electron chi connectivity index (χ4n) is 5.28. The van der Waals surface area contributed by atoms with Crippen molar-refractivity contribution in [3.63, 3.8) is 0 Å². The van der Waals surface area contributed by atoms with Crippen LogP contribution in [0, 0.1) is 11.3 Å². The molecule has 186 valence electrons. The Bertz CT molecular complexity index is 1100. The van der Waals surface area contributed by atoms with Crippen LogP contribution in [0.5, 0.6) is 0 Å². The van der Waals surface area contributed by atoms with Crippen LogP contribution in [0.1, 0.15) is 79.2 Å². The third-order valence-electron chi connectivity index (χ3n) is 7.48. The van der Waals surface area contributed by atoms with Crippen LogP contribution in [-0.2, 0) is 16.0 Å². The molecule has 1 aliphatic carbocycles. The van der Waals surface area contributed by atoms with Gasteiger partial charge in [0.15, 0.2) is 5.96 Å². The molecular weight excluding hydrogens is 440 g/mol. The SMILES string of the molecule is CCC1(C)CC(=O)N(C(CCOC)c2cccc(C(=O)N[C@@H]3c4ccccc4C[C@@H]3C)c2)C(=N)N1. The van der Waals surface area contributed by atoms with Crippen LogP contribution in [0.2, 0.25) is 0 Å². The molecule has 1 saturated heterocycles. The summed E-state index contributed by atoms with van der Waals surface area (Å²) in [4.78, 5) is 28.0. The van der Waals surface area contributed by atoms with Gasteiger partial charge in [-0.15, -0.1) is 0 Å². The largest absolute Gasteiger partial charge is 0.385 e. The average Bonchev–Trinajstić information content (AvgIpc) is 3.15. The van der Waals surface area contributed by atoms with Crippen LogP contribution in [0.3, 0.4) is 0 Å². The normalized spacial score (nSPS) is 24.6. The van der Waals surface area contributed by atoms with E-state index in [0.717, 1.165) is 18.4 Å². The second-order valence-corrected chi connectivity index (χ2v) is 10.1. The van der Waals surface area contributed by atoms with Crippen molar-refractivity contribution in [3.8, 4) is 0 Å². The lowest BCUT2D eigenvalue weighted by Crippen LogP contribution is -2.61. The Balaban J connectivity index is 1.58. The molecule has 0 bridgehead atoms. The zero-order valence-electron chi connectivity index (χ0n) is 21.1. The molecule has 3 N–H and O–H groups in total. The molecule has 2 aromatic carbocycles. The van der Waals surface area contributed by atoms with Crippen molar-refractivity contribution in [2.24, 2.45) is 5.92 Å². The highest BCUT2D eigenvalue weighted by Gasteiger charge is 2.40. The first kappa shape index (κ1) is 24.9. The quantitative estimate of drug-likeness (QED) is 0.528. The highest BCUT2D eigenvalue weighted by molar-refractivity contribution is 6.00.